The van der Waals surface area contributed by atoms with E-state index in [0.717, 1.165) is 0 Å². The zero-order valence-electron chi connectivity index (χ0n) is 15.4. The molecular weight excluding hydrogens is 621 g/mol. The van der Waals surface area contributed by atoms with Crippen molar-refractivity contribution in [2.45, 2.75) is 65.9 Å². The minimum atomic E-state index is -9.42. The summed E-state index contributed by atoms with van der Waals surface area (Å²) in [7, 11) is 0. The summed E-state index contributed by atoms with van der Waals surface area (Å²) in [5, 5.41) is -5.24. The van der Waals surface area contributed by atoms with E-state index in [0.29, 0.717) is 0 Å². The number of hydrogen-bond donors (Lipinski definition) is 0. The highest BCUT2D eigenvalue weighted by Crippen LogP contribution is 2.65. The molecule has 0 bridgehead atoms. The fraction of sp³-hybridized carbons (Fsp3) is 1.00. The Kier molecular flexibility index (Phi) is 7.95. The number of nitrogens with zero attached hydrogens (tertiary/aromatic N) is 1. The van der Waals surface area contributed by atoms with Crippen molar-refractivity contribution in [3.8, 4) is 0 Å². The summed E-state index contributed by atoms with van der Waals surface area (Å²) in [6, 6.07) is -17.5. The summed E-state index contributed by atoms with van der Waals surface area (Å²) >= 11 is 0. The average molecular weight is 621 g/mol. The molecule has 0 unspecified atom stereocenters. The SMILES string of the molecule is FN(C(F)(F)C(F)(F)C(F)(F)F)C(F)(F)C(F)(F)C(F)(F)C(F)(F)C(F)(F)C(F)(F)C(F)(F)C(F)(F)F. The lowest BCUT2D eigenvalue weighted by molar-refractivity contribution is -0.506. The van der Waals surface area contributed by atoms with Gasteiger partial charge in [0.15, 0.2) is 0 Å². The lowest BCUT2D eigenvalue weighted by Crippen LogP contribution is -2.76. The van der Waals surface area contributed by atoms with E-state index in [9.17, 15) is 110 Å². The van der Waals surface area contributed by atoms with Crippen molar-refractivity contribution >= 4 is 0 Å². The summed E-state index contributed by atoms with van der Waals surface area (Å²) in [5.41, 5.74) is 0. The Bertz CT molecular complexity index is 827. The van der Waals surface area contributed by atoms with Gasteiger partial charge in [-0.2, -0.15) is 105 Å². The second-order valence-electron chi connectivity index (χ2n) is 6.38. The van der Waals surface area contributed by atoms with E-state index in [-0.39, 0.29) is 0 Å². The van der Waals surface area contributed by atoms with Crippen LogP contribution >= 0.6 is 0 Å². The molecule has 37 heavy (non-hydrogen) atoms. The lowest BCUT2D eigenvalue weighted by Gasteiger charge is -2.44. The van der Waals surface area contributed by atoms with E-state index < -0.39 is 71.0 Å². The summed E-state index contributed by atoms with van der Waals surface area (Å²) in [6.45, 7) is 0. The molecule has 0 heterocycles. The highest BCUT2D eigenvalue weighted by molar-refractivity contribution is 5.15. The van der Waals surface area contributed by atoms with Gasteiger partial charge in [-0.15, -0.1) is 4.48 Å². The minimum absolute atomic E-state index is 5.24. The van der Waals surface area contributed by atoms with Crippen molar-refractivity contribution in [1.82, 2.24) is 5.12 Å². The Morgan fingerprint density at radius 1 is 0.243 bits per heavy atom. The molecular formula is C11F25N. The molecule has 0 aromatic heterocycles. The predicted molar refractivity (Wildman–Crippen MR) is 59.6 cm³/mol. The molecule has 0 amide bonds. The van der Waals surface area contributed by atoms with Gasteiger partial charge in [0, 0.05) is 0 Å². The fourth-order valence-electron chi connectivity index (χ4n) is 1.75. The Balaban J connectivity index is 7.07. The largest absolute Gasteiger partial charge is 0.461 e. The number of hydrogen-bond acceptors (Lipinski definition) is 1. The van der Waals surface area contributed by atoms with Crippen LogP contribution in [0.4, 0.5) is 110 Å². The van der Waals surface area contributed by atoms with Crippen LogP contribution in [0.15, 0.2) is 0 Å². The maximum Gasteiger partial charge on any atom is 0.461 e. The van der Waals surface area contributed by atoms with Gasteiger partial charge in [0.2, 0.25) is 0 Å². The van der Waals surface area contributed by atoms with Gasteiger partial charge in [-0.1, -0.05) is 0 Å². The quantitative estimate of drug-likeness (QED) is 0.144. The van der Waals surface area contributed by atoms with Crippen LogP contribution in [-0.4, -0.2) is 71.0 Å². The van der Waals surface area contributed by atoms with Gasteiger partial charge in [0.1, 0.15) is 0 Å². The zero-order valence-corrected chi connectivity index (χ0v) is 15.4. The first-order valence-electron chi connectivity index (χ1n) is 7.40. The van der Waals surface area contributed by atoms with Crippen LogP contribution < -0.4 is 0 Å². The maximum atomic E-state index is 13.3. The van der Waals surface area contributed by atoms with Crippen LogP contribution in [0.1, 0.15) is 0 Å². The molecule has 0 spiro atoms. The van der Waals surface area contributed by atoms with Crippen LogP contribution in [0.2, 0.25) is 0 Å². The average Bonchev–Trinajstić information content (AvgIpc) is 2.64. The summed E-state index contributed by atoms with van der Waals surface area (Å²) < 4.78 is 318. The molecule has 0 aliphatic rings. The van der Waals surface area contributed by atoms with Crippen LogP contribution in [0, 0.1) is 0 Å². The van der Waals surface area contributed by atoms with Gasteiger partial charge in [-0.3, -0.25) is 0 Å². The van der Waals surface area contributed by atoms with E-state index >= 15 is 0 Å². The summed E-state index contributed by atoms with van der Waals surface area (Å²) in [6.07, 6.45) is -16.1. The molecule has 0 saturated heterocycles. The Labute approximate surface area is 182 Å². The molecule has 0 aliphatic heterocycles. The topological polar surface area (TPSA) is 3.24 Å². The monoisotopic (exact) mass is 621 g/mol. The van der Waals surface area contributed by atoms with Crippen molar-refractivity contribution in [3.63, 3.8) is 0 Å². The second-order valence-corrected chi connectivity index (χ2v) is 6.38. The van der Waals surface area contributed by atoms with Crippen molar-refractivity contribution in [2.24, 2.45) is 0 Å². The second kappa shape index (κ2) is 8.35. The van der Waals surface area contributed by atoms with Crippen molar-refractivity contribution in [1.29, 1.82) is 0 Å². The van der Waals surface area contributed by atoms with E-state index in [4.69, 9.17) is 0 Å². The Hall–Kier alpha value is -1.79. The van der Waals surface area contributed by atoms with E-state index in [1.165, 1.54) is 0 Å². The highest BCUT2D eigenvalue weighted by atomic mass is 19.4. The molecule has 0 saturated carbocycles. The lowest BCUT2D eigenvalue weighted by atomic mass is 9.90. The van der Waals surface area contributed by atoms with E-state index in [2.05, 4.69) is 0 Å². The van der Waals surface area contributed by atoms with Gasteiger partial charge < -0.3 is 0 Å². The summed E-state index contributed by atoms with van der Waals surface area (Å²) in [5.74, 6) is -63.4. The van der Waals surface area contributed by atoms with Crippen LogP contribution in [0.3, 0.4) is 0 Å². The zero-order chi connectivity index (χ0) is 31.1. The van der Waals surface area contributed by atoms with Crippen molar-refractivity contribution < 1.29 is 110 Å². The van der Waals surface area contributed by atoms with Gasteiger partial charge in [0.25, 0.3) is 0 Å². The summed E-state index contributed by atoms with van der Waals surface area (Å²) in [4.78, 5) is 0. The molecule has 0 aliphatic carbocycles. The van der Waals surface area contributed by atoms with Gasteiger partial charge in [-0.05, 0) is 5.12 Å². The molecule has 0 aromatic rings. The Morgan fingerprint density at radius 3 is 0.676 bits per heavy atom. The van der Waals surface area contributed by atoms with Gasteiger partial charge >= 0.3 is 65.9 Å². The fourth-order valence-corrected chi connectivity index (χ4v) is 1.75. The van der Waals surface area contributed by atoms with E-state index in [1.807, 2.05) is 0 Å². The molecule has 224 valence electrons. The van der Waals surface area contributed by atoms with Gasteiger partial charge in [0.05, 0.1) is 0 Å². The number of halogens is 25. The smallest absolute Gasteiger partial charge is 0.192 e. The molecule has 0 fully saturated rings. The molecule has 0 rings (SSSR count). The molecule has 0 aromatic carbocycles. The maximum absolute atomic E-state index is 13.3. The third kappa shape index (κ3) is 4.27. The number of rotatable bonds is 9. The molecule has 0 atom stereocenters. The van der Waals surface area contributed by atoms with Crippen molar-refractivity contribution in [2.75, 3.05) is 0 Å². The third-order valence-electron chi connectivity index (χ3n) is 3.93. The van der Waals surface area contributed by atoms with Crippen LogP contribution in [0.25, 0.3) is 0 Å². The van der Waals surface area contributed by atoms with Gasteiger partial charge in [-0.25, -0.2) is 0 Å². The first-order valence-corrected chi connectivity index (χ1v) is 7.40. The standard InChI is InChI=1S/C11F25N/c12-1(13,3(16,17)5(20,21)8(26,27)28)2(14,15)4(18,19)6(22,23)10(32,33)37(36)11(34,35)7(24,25)9(29,30)31. The Morgan fingerprint density at radius 2 is 0.432 bits per heavy atom. The first-order chi connectivity index (χ1) is 15.4. The molecule has 26 heteroatoms. The predicted octanol–water partition coefficient (Wildman–Crippen LogP) is 7.93. The minimum Gasteiger partial charge on any atom is -0.192 e. The first kappa shape index (κ1) is 35.2. The third-order valence-corrected chi connectivity index (χ3v) is 3.93. The highest BCUT2D eigenvalue weighted by Gasteiger charge is 2.96. The molecule has 0 radical (unpaired) electrons. The molecule has 1 nitrogen and oxygen atoms in total. The normalized spacial score (nSPS) is 17.0. The number of alkyl halides is 24. The molecule has 0 N–H and O–H groups in total. The van der Waals surface area contributed by atoms with E-state index in [1.54, 1.807) is 0 Å². The van der Waals surface area contributed by atoms with Crippen molar-refractivity contribution in [3.05, 3.63) is 0 Å². The van der Waals surface area contributed by atoms with Crippen LogP contribution in [0.5, 0.6) is 0 Å². The van der Waals surface area contributed by atoms with Crippen LogP contribution in [-0.2, 0) is 0 Å².